The van der Waals surface area contributed by atoms with Gasteiger partial charge in [0, 0.05) is 62.0 Å². The SMILES string of the molecule is BC1=CC=C(N2c3ccc(N(c4ccccc4)c4ccccc4)cc3C3=C(c4ccc5ccccc5c4N)CCC=C3c3c(B)c2cc2c3C3=C(CCC=C3)C2(C)C)C(c2ccccc2)C1. The van der Waals surface area contributed by atoms with Gasteiger partial charge in [-0.05, 0) is 137 Å². The fourth-order valence-corrected chi connectivity index (χ4v) is 12.0. The van der Waals surface area contributed by atoms with Crippen molar-refractivity contribution in [3.05, 3.63) is 232 Å². The molecule has 0 amide bonds. The first-order valence-electron chi connectivity index (χ1n) is 23.8. The Balaban J connectivity index is 1.24. The van der Waals surface area contributed by atoms with Crippen molar-refractivity contribution in [2.24, 2.45) is 0 Å². The van der Waals surface area contributed by atoms with Crippen molar-refractivity contribution in [2.75, 3.05) is 15.5 Å². The molecule has 1 aliphatic heterocycles. The van der Waals surface area contributed by atoms with Crippen LogP contribution in [-0.4, -0.2) is 15.7 Å². The number of fused-ring (bicyclic) bond motifs is 10. The Labute approximate surface area is 391 Å². The summed E-state index contributed by atoms with van der Waals surface area (Å²) in [7, 11) is 4.69. The molecule has 4 aliphatic carbocycles. The Kier molecular flexibility index (Phi) is 9.61. The third-order valence-electron chi connectivity index (χ3n) is 15.2. The molecule has 2 N–H and O–H groups in total. The molecule has 66 heavy (non-hydrogen) atoms. The number of nitrogens with two attached hydrogens (primary N) is 1. The largest absolute Gasteiger partial charge is 0.398 e. The minimum atomic E-state index is -0.128. The van der Waals surface area contributed by atoms with Crippen molar-refractivity contribution in [1.29, 1.82) is 0 Å². The van der Waals surface area contributed by atoms with Crippen LogP contribution < -0.4 is 21.0 Å². The first-order valence-corrected chi connectivity index (χ1v) is 23.8. The summed E-state index contributed by atoms with van der Waals surface area (Å²) in [5.41, 5.74) is 32.7. The van der Waals surface area contributed by atoms with E-state index < -0.39 is 0 Å². The Morgan fingerprint density at radius 3 is 2.14 bits per heavy atom. The molecule has 5 aliphatic rings. The van der Waals surface area contributed by atoms with E-state index in [4.69, 9.17) is 5.73 Å². The molecule has 0 fully saturated rings. The Morgan fingerprint density at radius 1 is 0.667 bits per heavy atom. The second-order valence-electron chi connectivity index (χ2n) is 19.3. The summed E-state index contributed by atoms with van der Waals surface area (Å²) in [6.45, 7) is 4.94. The van der Waals surface area contributed by atoms with E-state index in [1.165, 1.54) is 78.1 Å². The first-order chi connectivity index (χ1) is 32.3. The quantitative estimate of drug-likeness (QED) is 0.134. The summed E-state index contributed by atoms with van der Waals surface area (Å²) >= 11 is 0. The first kappa shape index (κ1) is 40.3. The van der Waals surface area contributed by atoms with Crippen molar-refractivity contribution >= 4 is 88.3 Å². The van der Waals surface area contributed by atoms with Crippen molar-refractivity contribution in [3.8, 4) is 0 Å². The van der Waals surface area contributed by atoms with Gasteiger partial charge in [-0.15, -0.1) is 5.47 Å². The third kappa shape index (κ3) is 6.27. The molecule has 0 saturated carbocycles. The lowest BCUT2D eigenvalue weighted by molar-refractivity contribution is 0.607. The predicted octanol–water partition coefficient (Wildman–Crippen LogP) is 13.4. The van der Waals surface area contributed by atoms with Crippen molar-refractivity contribution in [3.63, 3.8) is 0 Å². The number of para-hydroxylation sites is 2. The zero-order chi connectivity index (χ0) is 44.7. The van der Waals surface area contributed by atoms with Gasteiger partial charge in [0.25, 0.3) is 0 Å². The molecule has 0 radical (unpaired) electrons. The van der Waals surface area contributed by atoms with Crippen LogP contribution in [0.2, 0.25) is 0 Å². The van der Waals surface area contributed by atoms with Gasteiger partial charge >= 0.3 is 0 Å². The number of hydrogen-bond donors (Lipinski definition) is 1. The van der Waals surface area contributed by atoms with Crippen molar-refractivity contribution < 1.29 is 0 Å². The van der Waals surface area contributed by atoms with E-state index in [0.29, 0.717) is 0 Å². The molecular formula is C61H53B2N3. The number of benzene rings is 7. The van der Waals surface area contributed by atoms with E-state index >= 15 is 0 Å². The number of nitrogens with zero attached hydrogens (tertiary/aromatic N) is 2. The van der Waals surface area contributed by atoms with Gasteiger partial charge in [0.15, 0.2) is 0 Å². The number of allylic oxidation sites excluding steroid dienone is 12. The Morgan fingerprint density at radius 2 is 1.38 bits per heavy atom. The highest BCUT2D eigenvalue weighted by Gasteiger charge is 2.43. The van der Waals surface area contributed by atoms with E-state index in [1.807, 2.05) is 0 Å². The van der Waals surface area contributed by atoms with Gasteiger partial charge in [-0.1, -0.05) is 152 Å². The summed E-state index contributed by atoms with van der Waals surface area (Å²) in [6, 6.07) is 55.8. The molecule has 7 aromatic rings. The molecule has 1 atom stereocenters. The van der Waals surface area contributed by atoms with Gasteiger partial charge in [0.2, 0.25) is 0 Å². The van der Waals surface area contributed by atoms with Gasteiger partial charge in [-0.2, -0.15) is 0 Å². The van der Waals surface area contributed by atoms with Crippen LogP contribution in [0.4, 0.5) is 34.1 Å². The minimum absolute atomic E-state index is 0.128. The predicted molar refractivity (Wildman–Crippen MR) is 287 cm³/mol. The maximum atomic E-state index is 7.43. The monoisotopic (exact) mass is 849 g/mol. The van der Waals surface area contributed by atoms with Crippen LogP contribution in [0.25, 0.3) is 33.1 Å². The van der Waals surface area contributed by atoms with Crippen molar-refractivity contribution in [1.82, 2.24) is 0 Å². The van der Waals surface area contributed by atoms with E-state index in [0.717, 1.165) is 71.2 Å². The average molecular weight is 850 g/mol. The van der Waals surface area contributed by atoms with Crippen LogP contribution in [0.5, 0.6) is 0 Å². The maximum absolute atomic E-state index is 7.43. The van der Waals surface area contributed by atoms with Crippen LogP contribution in [0.3, 0.4) is 0 Å². The van der Waals surface area contributed by atoms with E-state index in [-0.39, 0.29) is 11.3 Å². The highest BCUT2D eigenvalue weighted by atomic mass is 15.2. The molecule has 7 aromatic carbocycles. The summed E-state index contributed by atoms with van der Waals surface area (Å²) in [4.78, 5) is 5.09. The van der Waals surface area contributed by atoms with Gasteiger partial charge in [0.05, 0.1) is 5.69 Å². The van der Waals surface area contributed by atoms with Gasteiger partial charge in [-0.3, -0.25) is 0 Å². The lowest BCUT2D eigenvalue weighted by atomic mass is 9.70. The molecule has 3 nitrogen and oxygen atoms in total. The van der Waals surface area contributed by atoms with Crippen LogP contribution in [-0.2, 0) is 5.41 Å². The zero-order valence-corrected chi connectivity index (χ0v) is 38.4. The molecule has 2 bridgehead atoms. The molecule has 0 spiro atoms. The van der Waals surface area contributed by atoms with Crippen LogP contribution >= 0.6 is 0 Å². The Hall–Kier alpha value is -7.23. The standard InChI is InChI=1S/C61H53B2N3/c1-61(2)51-28-15-14-25-47(51)57-52(61)37-55-59(63)58(57)48-27-16-26-45(46-32-29-39-19-12-13-24-44(39)60(46)64)56(48)50-36-43(65(41-20-8-4-9-21-41)42-22-10-5-11-23-42)31-34-54(50)66(55)53-33-30-40(62)35-49(53)38-17-6-3-7-18-38/h3-14,17-25,27,29-34,36-37,49H,15-16,26,28,35,62-64H2,1-2H3. The Bertz CT molecular complexity index is 3290. The molecule has 318 valence electrons. The average Bonchev–Trinajstić information content (AvgIpc) is 3.58. The third-order valence-corrected chi connectivity index (χ3v) is 15.2. The van der Waals surface area contributed by atoms with Crippen LogP contribution in [0.15, 0.2) is 199 Å². The highest BCUT2D eigenvalue weighted by molar-refractivity contribution is 6.42. The molecule has 1 unspecified atom stereocenters. The van der Waals surface area contributed by atoms with Gasteiger partial charge in [-0.25, -0.2) is 0 Å². The molecule has 0 aromatic heterocycles. The smallest absolute Gasteiger partial charge is 0.142 e. The number of nitrogen functional groups attached to an aromatic ring is 1. The van der Waals surface area contributed by atoms with Crippen LogP contribution in [0, 0.1) is 0 Å². The lowest BCUT2D eigenvalue weighted by Crippen LogP contribution is -2.33. The molecule has 0 saturated heterocycles. The van der Waals surface area contributed by atoms with Gasteiger partial charge in [0.1, 0.15) is 15.7 Å². The topological polar surface area (TPSA) is 32.5 Å². The van der Waals surface area contributed by atoms with Gasteiger partial charge < -0.3 is 15.5 Å². The summed E-state index contributed by atoms with van der Waals surface area (Å²) in [6.07, 6.45) is 17.1. The number of rotatable bonds is 6. The van der Waals surface area contributed by atoms with E-state index in [2.05, 4.69) is 221 Å². The van der Waals surface area contributed by atoms with E-state index in [1.54, 1.807) is 5.57 Å². The second-order valence-corrected chi connectivity index (χ2v) is 19.3. The molecule has 12 rings (SSSR count). The summed E-state index contributed by atoms with van der Waals surface area (Å²) in [5.74, 6) is 0.151. The fraction of sp³-hybridized carbons (Fsp3) is 0.148. The minimum Gasteiger partial charge on any atom is -0.398 e. The normalized spacial score (nSPS) is 18.1. The van der Waals surface area contributed by atoms with E-state index in [9.17, 15) is 0 Å². The summed E-state index contributed by atoms with van der Waals surface area (Å²) in [5, 5.41) is 2.26. The molecular weight excluding hydrogens is 796 g/mol. The van der Waals surface area contributed by atoms with Crippen molar-refractivity contribution in [2.45, 2.75) is 57.3 Å². The summed E-state index contributed by atoms with van der Waals surface area (Å²) < 4.78 is 0. The molecule has 1 heterocycles. The fourth-order valence-electron chi connectivity index (χ4n) is 12.0. The second kappa shape index (κ2) is 15.7. The number of hydrogen-bond acceptors (Lipinski definition) is 3. The lowest BCUT2D eigenvalue weighted by Gasteiger charge is -2.42. The maximum Gasteiger partial charge on any atom is 0.142 e. The highest BCUT2D eigenvalue weighted by Crippen LogP contribution is 2.59. The number of anilines is 6. The van der Waals surface area contributed by atoms with Crippen LogP contribution in [0.1, 0.15) is 85.3 Å². The molecule has 5 heteroatoms. The zero-order valence-electron chi connectivity index (χ0n) is 38.4.